The first kappa shape index (κ1) is 18.6. The summed E-state index contributed by atoms with van der Waals surface area (Å²) in [6.45, 7) is 3.91. The smallest absolute Gasteiger partial charge is 0.267 e. The molecule has 2 N–H and O–H groups in total. The van der Waals surface area contributed by atoms with Crippen molar-refractivity contribution in [1.82, 2.24) is 10.2 Å². The van der Waals surface area contributed by atoms with Crippen molar-refractivity contribution in [2.75, 3.05) is 16.4 Å². The second-order valence-corrected chi connectivity index (χ2v) is 8.63. The van der Waals surface area contributed by atoms with Crippen LogP contribution in [0.3, 0.4) is 0 Å². The summed E-state index contributed by atoms with van der Waals surface area (Å²) in [5, 5.41) is 15.9. The number of amides is 2. The van der Waals surface area contributed by atoms with Crippen LogP contribution in [0.4, 0.5) is 10.8 Å². The molecule has 2 aromatic heterocycles. The van der Waals surface area contributed by atoms with E-state index in [4.69, 9.17) is 0 Å². The number of hydrogen-bond acceptors (Lipinski definition) is 7. The SMILES string of the molecule is Cc1cccc(NC(=O)CSc2nnc(NC(=O)c3cc(C)cs3)s2)c1. The van der Waals surface area contributed by atoms with Crippen LogP contribution in [-0.2, 0) is 4.79 Å². The molecular weight excluding hydrogens is 388 g/mol. The Morgan fingerprint density at radius 3 is 2.69 bits per heavy atom. The highest BCUT2D eigenvalue weighted by Gasteiger charge is 2.13. The first-order valence-electron chi connectivity index (χ1n) is 7.69. The molecule has 0 unspecified atom stereocenters. The van der Waals surface area contributed by atoms with Crippen molar-refractivity contribution in [3.05, 3.63) is 51.7 Å². The summed E-state index contributed by atoms with van der Waals surface area (Å²) in [7, 11) is 0. The molecule has 0 atom stereocenters. The zero-order valence-corrected chi connectivity index (χ0v) is 16.6. The van der Waals surface area contributed by atoms with Crippen molar-refractivity contribution in [2.24, 2.45) is 0 Å². The highest BCUT2D eigenvalue weighted by atomic mass is 32.2. The predicted molar refractivity (Wildman–Crippen MR) is 107 cm³/mol. The summed E-state index contributed by atoms with van der Waals surface area (Å²) in [4.78, 5) is 24.8. The summed E-state index contributed by atoms with van der Waals surface area (Å²) in [6.07, 6.45) is 0. The van der Waals surface area contributed by atoms with E-state index in [0.29, 0.717) is 14.3 Å². The third-order valence-corrected chi connectivity index (χ3v) is 6.23. The fourth-order valence-corrected chi connectivity index (χ4v) is 4.41. The Hall–Kier alpha value is -2.23. The Kier molecular flexibility index (Phi) is 6.02. The normalized spacial score (nSPS) is 10.5. The van der Waals surface area contributed by atoms with Gasteiger partial charge >= 0.3 is 0 Å². The Morgan fingerprint density at radius 2 is 1.96 bits per heavy atom. The van der Waals surface area contributed by atoms with Crippen LogP contribution in [0, 0.1) is 13.8 Å². The van der Waals surface area contributed by atoms with Gasteiger partial charge in [-0.3, -0.25) is 14.9 Å². The predicted octanol–water partition coefficient (Wildman–Crippen LogP) is 4.20. The number of nitrogens with one attached hydrogen (secondary N) is 2. The number of anilines is 2. The van der Waals surface area contributed by atoms with Crippen LogP contribution >= 0.6 is 34.4 Å². The number of carbonyl (C=O) groups is 2. The minimum Gasteiger partial charge on any atom is -0.325 e. The number of rotatable bonds is 6. The fourth-order valence-electron chi connectivity index (χ4n) is 2.07. The van der Waals surface area contributed by atoms with Gasteiger partial charge in [-0.2, -0.15) is 0 Å². The molecular formula is C17H16N4O2S3. The molecule has 0 aliphatic rings. The van der Waals surface area contributed by atoms with E-state index in [-0.39, 0.29) is 17.6 Å². The number of thioether (sulfide) groups is 1. The van der Waals surface area contributed by atoms with Crippen molar-refractivity contribution in [3.63, 3.8) is 0 Å². The standard InChI is InChI=1S/C17H16N4O2S3/c1-10-4-3-5-12(6-10)18-14(22)9-25-17-21-20-16(26-17)19-15(23)13-7-11(2)8-24-13/h3-8H,9H2,1-2H3,(H,18,22)(H,19,20,23). The number of nitrogens with zero attached hydrogens (tertiary/aromatic N) is 2. The van der Waals surface area contributed by atoms with E-state index < -0.39 is 0 Å². The lowest BCUT2D eigenvalue weighted by Gasteiger charge is -2.04. The quantitative estimate of drug-likeness (QED) is 0.475. The summed E-state index contributed by atoms with van der Waals surface area (Å²) >= 11 is 3.92. The zero-order chi connectivity index (χ0) is 18.5. The van der Waals surface area contributed by atoms with Crippen LogP contribution in [0.1, 0.15) is 20.8 Å². The monoisotopic (exact) mass is 404 g/mol. The molecule has 0 saturated heterocycles. The lowest BCUT2D eigenvalue weighted by atomic mass is 10.2. The number of hydrogen-bond donors (Lipinski definition) is 2. The third kappa shape index (κ3) is 5.13. The number of aromatic nitrogens is 2. The van der Waals surface area contributed by atoms with Gasteiger partial charge in [-0.05, 0) is 48.6 Å². The highest BCUT2D eigenvalue weighted by molar-refractivity contribution is 8.01. The lowest BCUT2D eigenvalue weighted by Crippen LogP contribution is -2.13. The maximum atomic E-state index is 12.1. The molecule has 3 rings (SSSR count). The highest BCUT2D eigenvalue weighted by Crippen LogP contribution is 2.26. The van der Waals surface area contributed by atoms with E-state index >= 15 is 0 Å². The summed E-state index contributed by atoms with van der Waals surface area (Å²) in [6, 6.07) is 9.45. The largest absolute Gasteiger partial charge is 0.325 e. The summed E-state index contributed by atoms with van der Waals surface area (Å²) < 4.78 is 0.627. The Balaban J connectivity index is 1.50. The van der Waals surface area contributed by atoms with Gasteiger partial charge < -0.3 is 5.32 Å². The van der Waals surface area contributed by atoms with Gasteiger partial charge in [0.2, 0.25) is 11.0 Å². The Labute approximate surface area is 163 Å². The van der Waals surface area contributed by atoms with E-state index in [1.165, 1.54) is 34.4 Å². The van der Waals surface area contributed by atoms with Crippen LogP contribution < -0.4 is 10.6 Å². The van der Waals surface area contributed by atoms with E-state index in [1.807, 2.05) is 49.6 Å². The summed E-state index contributed by atoms with van der Waals surface area (Å²) in [5.74, 6) is -0.0934. The minimum absolute atomic E-state index is 0.115. The Bertz CT molecular complexity index is 935. The first-order chi connectivity index (χ1) is 12.5. The molecule has 0 radical (unpaired) electrons. The molecule has 6 nitrogen and oxygen atoms in total. The third-order valence-electron chi connectivity index (χ3n) is 3.21. The van der Waals surface area contributed by atoms with Crippen molar-refractivity contribution in [1.29, 1.82) is 0 Å². The Morgan fingerprint density at radius 1 is 1.12 bits per heavy atom. The molecule has 0 saturated carbocycles. The molecule has 2 amide bonds. The van der Waals surface area contributed by atoms with Gasteiger partial charge in [0.25, 0.3) is 5.91 Å². The molecule has 0 aliphatic heterocycles. The molecule has 1 aromatic carbocycles. The van der Waals surface area contributed by atoms with Crippen molar-refractivity contribution >= 4 is 57.1 Å². The lowest BCUT2D eigenvalue weighted by molar-refractivity contribution is -0.113. The van der Waals surface area contributed by atoms with Crippen molar-refractivity contribution in [3.8, 4) is 0 Å². The van der Waals surface area contributed by atoms with E-state index in [0.717, 1.165) is 16.8 Å². The molecule has 2 heterocycles. The molecule has 3 aromatic rings. The number of thiophene rings is 1. The molecule has 0 fully saturated rings. The summed E-state index contributed by atoms with van der Waals surface area (Å²) in [5.41, 5.74) is 2.90. The van der Waals surface area contributed by atoms with Gasteiger partial charge in [-0.15, -0.1) is 21.5 Å². The van der Waals surface area contributed by atoms with E-state index in [1.54, 1.807) is 0 Å². The van der Waals surface area contributed by atoms with Crippen molar-refractivity contribution < 1.29 is 9.59 Å². The maximum Gasteiger partial charge on any atom is 0.267 e. The number of carbonyl (C=O) groups excluding carboxylic acids is 2. The molecule has 0 bridgehead atoms. The molecule has 0 spiro atoms. The maximum absolute atomic E-state index is 12.1. The topological polar surface area (TPSA) is 84.0 Å². The van der Waals surface area contributed by atoms with Gasteiger partial charge in [0.15, 0.2) is 4.34 Å². The molecule has 0 aliphatic carbocycles. The second kappa shape index (κ2) is 8.43. The fraction of sp³-hybridized carbons (Fsp3) is 0.176. The van der Waals surface area contributed by atoms with Gasteiger partial charge in [-0.25, -0.2) is 0 Å². The van der Waals surface area contributed by atoms with Crippen LogP contribution in [0.15, 0.2) is 40.1 Å². The zero-order valence-electron chi connectivity index (χ0n) is 14.1. The molecule has 26 heavy (non-hydrogen) atoms. The molecule has 9 heteroatoms. The first-order valence-corrected chi connectivity index (χ1v) is 10.4. The van der Waals surface area contributed by atoms with Gasteiger partial charge in [0.05, 0.1) is 10.6 Å². The minimum atomic E-state index is -0.201. The van der Waals surface area contributed by atoms with E-state index in [9.17, 15) is 9.59 Å². The average molecular weight is 405 g/mol. The average Bonchev–Trinajstić information content (AvgIpc) is 3.22. The molecule has 134 valence electrons. The van der Waals surface area contributed by atoms with Crippen LogP contribution in [-0.4, -0.2) is 27.8 Å². The number of benzene rings is 1. The van der Waals surface area contributed by atoms with Crippen LogP contribution in [0.2, 0.25) is 0 Å². The van der Waals surface area contributed by atoms with Crippen molar-refractivity contribution in [2.45, 2.75) is 18.2 Å². The van der Waals surface area contributed by atoms with Crippen LogP contribution in [0.25, 0.3) is 0 Å². The van der Waals surface area contributed by atoms with Gasteiger partial charge in [0.1, 0.15) is 0 Å². The van der Waals surface area contributed by atoms with Gasteiger partial charge in [0, 0.05) is 5.69 Å². The van der Waals surface area contributed by atoms with E-state index in [2.05, 4.69) is 20.8 Å². The van der Waals surface area contributed by atoms with Gasteiger partial charge in [-0.1, -0.05) is 35.2 Å². The van der Waals surface area contributed by atoms with Crippen LogP contribution in [0.5, 0.6) is 0 Å². The second-order valence-electron chi connectivity index (χ2n) is 5.52. The number of aryl methyl sites for hydroxylation is 2.